The maximum absolute atomic E-state index is 12.7. The van der Waals surface area contributed by atoms with Gasteiger partial charge < -0.3 is 9.72 Å². The Labute approximate surface area is 153 Å². The van der Waals surface area contributed by atoms with Crippen molar-refractivity contribution in [2.24, 2.45) is 0 Å². The molecule has 0 radical (unpaired) electrons. The minimum absolute atomic E-state index is 0.103. The van der Waals surface area contributed by atoms with Crippen molar-refractivity contribution in [3.63, 3.8) is 0 Å². The molecule has 25 heavy (non-hydrogen) atoms. The zero-order valence-corrected chi connectivity index (χ0v) is 15.8. The van der Waals surface area contributed by atoms with Crippen molar-refractivity contribution < 1.29 is 14.3 Å². The van der Waals surface area contributed by atoms with Crippen LogP contribution in [-0.4, -0.2) is 34.1 Å². The Morgan fingerprint density at radius 2 is 1.92 bits per heavy atom. The molecule has 0 spiro atoms. The van der Waals surface area contributed by atoms with Gasteiger partial charge in [0.1, 0.15) is 0 Å². The zero-order chi connectivity index (χ0) is 18.0. The fraction of sp³-hybridized carbons (Fsp3) is 0.278. The summed E-state index contributed by atoms with van der Waals surface area (Å²) in [5.74, 6) is -0.337. The Hall–Kier alpha value is -2.12. The molecule has 7 heteroatoms. The summed E-state index contributed by atoms with van der Waals surface area (Å²) < 4.78 is 7.03. The molecule has 0 saturated carbocycles. The summed E-state index contributed by atoms with van der Waals surface area (Å²) in [6.45, 7) is 5.59. The number of thioether (sulfide) groups is 1. The number of thiazole rings is 1. The standard InChI is InChI=1S/C18H18N2O3S2/c1-4-23-17(22)16-11(3)19-10(2)15(16)13(21)9-24-18-20-12-7-5-6-8-14(12)25-18/h5-8,19H,4,9H2,1-3H3. The van der Waals surface area contributed by atoms with E-state index in [0.717, 1.165) is 14.6 Å². The number of aromatic amines is 1. The van der Waals surface area contributed by atoms with Gasteiger partial charge in [-0.15, -0.1) is 11.3 Å². The lowest BCUT2D eigenvalue weighted by Gasteiger charge is -2.05. The van der Waals surface area contributed by atoms with E-state index >= 15 is 0 Å². The topological polar surface area (TPSA) is 72.1 Å². The second-order valence-corrected chi connectivity index (χ2v) is 7.76. The minimum Gasteiger partial charge on any atom is -0.462 e. The average Bonchev–Trinajstić information content (AvgIpc) is 3.12. The van der Waals surface area contributed by atoms with E-state index in [1.165, 1.54) is 11.8 Å². The second-order valence-electron chi connectivity index (χ2n) is 5.50. The number of fused-ring (bicyclic) bond motifs is 1. The van der Waals surface area contributed by atoms with Crippen LogP contribution in [0.5, 0.6) is 0 Å². The van der Waals surface area contributed by atoms with Crippen molar-refractivity contribution in [2.75, 3.05) is 12.4 Å². The van der Waals surface area contributed by atoms with Crippen LogP contribution < -0.4 is 0 Å². The molecule has 0 saturated heterocycles. The summed E-state index contributed by atoms with van der Waals surface area (Å²) in [4.78, 5) is 32.5. The molecule has 5 nitrogen and oxygen atoms in total. The highest BCUT2D eigenvalue weighted by Crippen LogP contribution is 2.30. The molecule has 1 N–H and O–H groups in total. The van der Waals surface area contributed by atoms with E-state index in [4.69, 9.17) is 4.74 Å². The van der Waals surface area contributed by atoms with Crippen LogP contribution in [-0.2, 0) is 4.74 Å². The number of aromatic nitrogens is 2. The van der Waals surface area contributed by atoms with Gasteiger partial charge in [-0.05, 0) is 32.9 Å². The highest BCUT2D eigenvalue weighted by atomic mass is 32.2. The second kappa shape index (κ2) is 7.41. The third-order valence-electron chi connectivity index (χ3n) is 3.73. The smallest absolute Gasteiger partial charge is 0.340 e. The van der Waals surface area contributed by atoms with Crippen LogP contribution in [0.2, 0.25) is 0 Å². The number of aryl methyl sites for hydroxylation is 2. The number of H-pyrrole nitrogens is 1. The SMILES string of the molecule is CCOC(=O)c1c(C)[nH]c(C)c1C(=O)CSc1nc2ccccc2s1. The molecule has 3 aromatic rings. The molecule has 130 valence electrons. The predicted molar refractivity (Wildman–Crippen MR) is 101 cm³/mol. The van der Waals surface area contributed by atoms with Gasteiger partial charge in [-0.3, -0.25) is 4.79 Å². The van der Waals surface area contributed by atoms with Crippen LogP contribution in [0.3, 0.4) is 0 Å². The number of carbonyl (C=O) groups excluding carboxylic acids is 2. The van der Waals surface area contributed by atoms with E-state index in [0.29, 0.717) is 22.5 Å². The van der Waals surface area contributed by atoms with Crippen molar-refractivity contribution >= 4 is 45.1 Å². The molecular formula is C18H18N2O3S2. The van der Waals surface area contributed by atoms with Crippen LogP contribution in [0.1, 0.15) is 39.0 Å². The Balaban J connectivity index is 1.80. The van der Waals surface area contributed by atoms with Crippen LogP contribution in [0.15, 0.2) is 28.6 Å². The number of esters is 1. The highest BCUT2D eigenvalue weighted by Gasteiger charge is 2.25. The first-order chi connectivity index (χ1) is 12.0. The van der Waals surface area contributed by atoms with Crippen LogP contribution in [0.4, 0.5) is 0 Å². The molecule has 2 aromatic heterocycles. The van der Waals surface area contributed by atoms with Gasteiger partial charge in [0.25, 0.3) is 0 Å². The van der Waals surface area contributed by atoms with Gasteiger partial charge in [0, 0.05) is 11.4 Å². The summed E-state index contributed by atoms with van der Waals surface area (Å²) in [5, 5.41) is 0. The number of carbonyl (C=O) groups is 2. The summed E-state index contributed by atoms with van der Waals surface area (Å²) in [7, 11) is 0. The maximum atomic E-state index is 12.7. The van der Waals surface area contributed by atoms with Crippen LogP contribution in [0, 0.1) is 13.8 Å². The van der Waals surface area contributed by atoms with E-state index in [9.17, 15) is 9.59 Å². The fourth-order valence-electron chi connectivity index (χ4n) is 2.70. The van der Waals surface area contributed by atoms with Crippen molar-refractivity contribution in [1.29, 1.82) is 0 Å². The van der Waals surface area contributed by atoms with E-state index in [1.807, 2.05) is 24.3 Å². The molecule has 0 fully saturated rings. The molecule has 0 unspecified atom stereocenters. The Morgan fingerprint density at radius 1 is 1.20 bits per heavy atom. The lowest BCUT2D eigenvalue weighted by molar-refractivity contribution is 0.0522. The molecule has 3 rings (SSSR count). The van der Waals surface area contributed by atoms with Gasteiger partial charge in [0.15, 0.2) is 10.1 Å². The Kier molecular flexibility index (Phi) is 5.24. The molecule has 1 aromatic carbocycles. The molecular weight excluding hydrogens is 356 g/mol. The first-order valence-corrected chi connectivity index (χ1v) is 9.69. The van der Waals surface area contributed by atoms with E-state index in [-0.39, 0.29) is 18.1 Å². The summed E-state index contributed by atoms with van der Waals surface area (Å²) in [6, 6.07) is 7.88. The van der Waals surface area contributed by atoms with Gasteiger partial charge in [0.05, 0.1) is 33.7 Å². The number of hydrogen-bond acceptors (Lipinski definition) is 6. The monoisotopic (exact) mass is 374 g/mol. The summed E-state index contributed by atoms with van der Waals surface area (Å²) >= 11 is 2.96. The van der Waals surface area contributed by atoms with Crippen LogP contribution >= 0.6 is 23.1 Å². The van der Waals surface area contributed by atoms with Crippen molar-refractivity contribution in [3.8, 4) is 0 Å². The number of nitrogens with one attached hydrogen (secondary N) is 1. The van der Waals surface area contributed by atoms with Gasteiger partial charge in [0.2, 0.25) is 0 Å². The van der Waals surface area contributed by atoms with Crippen molar-refractivity contribution in [2.45, 2.75) is 25.1 Å². The van der Waals surface area contributed by atoms with Crippen molar-refractivity contribution in [3.05, 3.63) is 46.8 Å². The van der Waals surface area contributed by atoms with Gasteiger partial charge in [-0.1, -0.05) is 23.9 Å². The zero-order valence-electron chi connectivity index (χ0n) is 14.2. The van der Waals surface area contributed by atoms with E-state index < -0.39 is 5.97 Å². The maximum Gasteiger partial charge on any atom is 0.340 e. The molecule has 0 aliphatic carbocycles. The molecule has 0 amide bonds. The van der Waals surface area contributed by atoms with E-state index in [2.05, 4.69) is 9.97 Å². The minimum atomic E-state index is -0.460. The van der Waals surface area contributed by atoms with Gasteiger partial charge in [-0.2, -0.15) is 0 Å². The normalized spacial score (nSPS) is 11.0. The number of para-hydroxylation sites is 1. The number of hydrogen-bond donors (Lipinski definition) is 1. The number of ether oxygens (including phenoxy) is 1. The Bertz CT molecular complexity index is 910. The van der Waals surface area contributed by atoms with Gasteiger partial charge >= 0.3 is 5.97 Å². The number of ketones is 1. The fourth-order valence-corrected chi connectivity index (χ4v) is 4.64. The molecule has 0 aliphatic rings. The number of nitrogens with zero attached hydrogens (tertiary/aromatic N) is 1. The third kappa shape index (κ3) is 3.62. The van der Waals surface area contributed by atoms with E-state index in [1.54, 1.807) is 32.1 Å². The number of Topliss-reactive ketones (excluding diaryl/α,β-unsaturated/α-hetero) is 1. The first-order valence-electron chi connectivity index (χ1n) is 7.89. The molecule has 0 bridgehead atoms. The van der Waals surface area contributed by atoms with Crippen LogP contribution in [0.25, 0.3) is 10.2 Å². The lowest BCUT2D eigenvalue weighted by atomic mass is 10.1. The first kappa shape index (κ1) is 17.7. The molecule has 0 atom stereocenters. The molecule has 2 heterocycles. The quantitative estimate of drug-likeness (QED) is 0.393. The number of benzene rings is 1. The third-order valence-corrected chi connectivity index (χ3v) is 5.91. The predicted octanol–water partition coefficient (Wildman–Crippen LogP) is 4.39. The summed E-state index contributed by atoms with van der Waals surface area (Å²) in [6.07, 6.45) is 0. The van der Waals surface area contributed by atoms with Gasteiger partial charge in [-0.25, -0.2) is 9.78 Å². The Morgan fingerprint density at radius 3 is 2.64 bits per heavy atom. The van der Waals surface area contributed by atoms with Crippen molar-refractivity contribution in [1.82, 2.24) is 9.97 Å². The summed E-state index contributed by atoms with van der Waals surface area (Å²) in [5.41, 5.74) is 3.04. The number of rotatable bonds is 6. The molecule has 0 aliphatic heterocycles. The average molecular weight is 374 g/mol. The highest BCUT2D eigenvalue weighted by molar-refractivity contribution is 8.01. The lowest BCUT2D eigenvalue weighted by Crippen LogP contribution is -2.13. The largest absolute Gasteiger partial charge is 0.462 e.